The summed E-state index contributed by atoms with van der Waals surface area (Å²) in [5, 5.41) is 0.133. The number of pyridine rings is 1. The monoisotopic (exact) mass is 292 g/mol. The summed E-state index contributed by atoms with van der Waals surface area (Å²) in [5.74, 6) is -0.449. The third-order valence-electron chi connectivity index (χ3n) is 2.76. The summed E-state index contributed by atoms with van der Waals surface area (Å²) in [5.41, 5.74) is 3.66. The third-order valence-corrected chi connectivity index (χ3v) is 2.76. The molecule has 0 saturated carbocycles. The summed E-state index contributed by atoms with van der Waals surface area (Å²) in [6.07, 6.45) is -4.73. The Morgan fingerprint density at radius 1 is 1.25 bits per heavy atom. The van der Waals surface area contributed by atoms with Crippen LogP contribution in [0.15, 0.2) is 18.2 Å². The van der Waals surface area contributed by atoms with E-state index < -0.39 is 24.2 Å². The Bertz CT molecular complexity index is 654. The molecule has 1 aromatic heterocycles. The predicted molar refractivity (Wildman–Crippen MR) is 62.5 cm³/mol. The number of aromatic nitrogens is 1. The first-order valence-electron chi connectivity index (χ1n) is 5.42. The molecule has 1 heterocycles. The molecule has 0 aliphatic heterocycles. The van der Waals surface area contributed by atoms with Crippen LogP contribution in [-0.4, -0.2) is 11.6 Å². The van der Waals surface area contributed by atoms with E-state index in [1.165, 1.54) is 19.1 Å². The first-order valence-corrected chi connectivity index (χ1v) is 5.42. The van der Waals surface area contributed by atoms with Gasteiger partial charge in [0.1, 0.15) is 11.2 Å². The molecule has 0 aliphatic rings. The molecule has 108 valence electrons. The van der Waals surface area contributed by atoms with E-state index in [-0.39, 0.29) is 22.2 Å². The maximum atomic E-state index is 12.8. The van der Waals surface area contributed by atoms with Crippen molar-refractivity contribution >= 4 is 16.6 Å². The highest BCUT2D eigenvalue weighted by Gasteiger charge is 2.36. The van der Waals surface area contributed by atoms with Crippen molar-refractivity contribution < 1.29 is 26.7 Å². The number of ether oxygens (including phenoxy) is 1. The Labute approximate surface area is 110 Å². The van der Waals surface area contributed by atoms with Gasteiger partial charge in [0.2, 0.25) is 0 Å². The summed E-state index contributed by atoms with van der Waals surface area (Å²) >= 11 is 0. The Hall–Kier alpha value is -2.12. The molecule has 0 aliphatic carbocycles. The van der Waals surface area contributed by atoms with Crippen LogP contribution in [0.1, 0.15) is 11.3 Å². The minimum Gasteiger partial charge on any atom is -0.432 e. The second kappa shape index (κ2) is 4.77. The number of rotatable bonds is 2. The zero-order valence-electron chi connectivity index (χ0n) is 10.1. The van der Waals surface area contributed by atoms with Gasteiger partial charge >= 0.3 is 12.8 Å². The molecule has 0 radical (unpaired) electrons. The average Bonchev–Trinajstić information content (AvgIpc) is 2.32. The lowest BCUT2D eigenvalue weighted by Crippen LogP contribution is -2.13. The Morgan fingerprint density at radius 3 is 2.45 bits per heavy atom. The van der Waals surface area contributed by atoms with Crippen molar-refractivity contribution in [2.45, 2.75) is 19.7 Å². The summed E-state index contributed by atoms with van der Waals surface area (Å²) in [6.45, 7) is -2.00. The van der Waals surface area contributed by atoms with Crippen LogP contribution in [0.25, 0.3) is 10.9 Å². The maximum Gasteiger partial charge on any atom is 0.433 e. The first-order chi connectivity index (χ1) is 9.21. The van der Waals surface area contributed by atoms with E-state index in [9.17, 15) is 22.0 Å². The lowest BCUT2D eigenvalue weighted by atomic mass is 10.1. The quantitative estimate of drug-likeness (QED) is 0.858. The molecule has 3 nitrogen and oxygen atoms in total. The van der Waals surface area contributed by atoms with Gasteiger partial charge in [-0.3, -0.25) is 0 Å². The molecule has 0 amide bonds. The topological polar surface area (TPSA) is 48.1 Å². The summed E-state index contributed by atoms with van der Waals surface area (Å²) in [7, 11) is 0. The van der Waals surface area contributed by atoms with Gasteiger partial charge in [-0.2, -0.15) is 22.0 Å². The van der Waals surface area contributed by atoms with E-state index in [2.05, 4.69) is 9.72 Å². The average molecular weight is 292 g/mol. The molecule has 8 heteroatoms. The van der Waals surface area contributed by atoms with E-state index in [1.807, 2.05) is 0 Å². The molecule has 0 unspecified atom stereocenters. The molecule has 1 aromatic carbocycles. The number of benzene rings is 1. The smallest absolute Gasteiger partial charge is 0.432 e. The second-order valence-electron chi connectivity index (χ2n) is 4.03. The molecule has 2 rings (SSSR count). The van der Waals surface area contributed by atoms with Crippen LogP contribution in [-0.2, 0) is 6.18 Å². The Balaban J connectivity index is 2.78. The molecular formula is C12H9F5N2O. The van der Waals surface area contributed by atoms with E-state index >= 15 is 0 Å². The van der Waals surface area contributed by atoms with Crippen LogP contribution in [0.2, 0.25) is 0 Å². The van der Waals surface area contributed by atoms with Gasteiger partial charge in [-0.05, 0) is 13.0 Å². The van der Waals surface area contributed by atoms with Crippen molar-refractivity contribution in [1.82, 2.24) is 4.98 Å². The number of nitrogen functional groups attached to an aromatic ring is 1. The van der Waals surface area contributed by atoms with Crippen molar-refractivity contribution in [2.75, 3.05) is 5.73 Å². The zero-order chi connectivity index (χ0) is 15.1. The van der Waals surface area contributed by atoms with Crippen molar-refractivity contribution in [1.29, 1.82) is 0 Å². The van der Waals surface area contributed by atoms with Crippen LogP contribution in [0.5, 0.6) is 5.75 Å². The largest absolute Gasteiger partial charge is 0.433 e. The van der Waals surface area contributed by atoms with Gasteiger partial charge in [0.05, 0.1) is 0 Å². The van der Waals surface area contributed by atoms with Gasteiger partial charge in [0, 0.05) is 16.6 Å². The lowest BCUT2D eigenvalue weighted by molar-refractivity contribution is -0.141. The Morgan fingerprint density at radius 2 is 1.90 bits per heavy atom. The molecule has 20 heavy (non-hydrogen) atoms. The first kappa shape index (κ1) is 14.3. The molecule has 0 fully saturated rings. The van der Waals surface area contributed by atoms with Crippen LogP contribution in [0.3, 0.4) is 0 Å². The minimum atomic E-state index is -4.73. The number of halogens is 5. The highest BCUT2D eigenvalue weighted by Crippen LogP contribution is 2.38. The van der Waals surface area contributed by atoms with E-state index in [0.29, 0.717) is 0 Å². The number of hydrogen-bond donors (Lipinski definition) is 1. The molecule has 0 spiro atoms. The number of alkyl halides is 5. The fourth-order valence-corrected chi connectivity index (χ4v) is 1.85. The van der Waals surface area contributed by atoms with Gasteiger partial charge in [-0.1, -0.05) is 12.1 Å². The molecule has 2 aromatic rings. The zero-order valence-corrected chi connectivity index (χ0v) is 10.1. The van der Waals surface area contributed by atoms with E-state index in [1.54, 1.807) is 0 Å². The van der Waals surface area contributed by atoms with Crippen LogP contribution in [0, 0.1) is 6.92 Å². The summed E-state index contributed by atoms with van der Waals surface area (Å²) in [4.78, 5) is 3.40. The fraction of sp³-hybridized carbons (Fsp3) is 0.250. The normalized spacial score (nSPS) is 12.2. The second-order valence-corrected chi connectivity index (χ2v) is 4.03. The molecule has 0 bridgehead atoms. The summed E-state index contributed by atoms with van der Waals surface area (Å²) in [6, 6.07) is 3.85. The van der Waals surface area contributed by atoms with E-state index in [0.717, 1.165) is 6.07 Å². The van der Waals surface area contributed by atoms with Crippen LogP contribution in [0.4, 0.5) is 27.6 Å². The molecular weight excluding hydrogens is 283 g/mol. The van der Waals surface area contributed by atoms with E-state index in [4.69, 9.17) is 5.73 Å². The number of hydrogen-bond acceptors (Lipinski definition) is 3. The molecule has 0 atom stereocenters. The maximum absolute atomic E-state index is 12.8. The SMILES string of the molecule is Cc1c(C(F)(F)F)nc2c(OC(F)F)cccc2c1N. The van der Waals surface area contributed by atoms with Crippen molar-refractivity contribution in [3.8, 4) is 5.75 Å². The number of nitrogens with two attached hydrogens (primary N) is 1. The van der Waals surface area contributed by atoms with Gasteiger partial charge < -0.3 is 10.5 Å². The standard InChI is InChI=1S/C12H9F5N2O/c1-5-8(18)6-3-2-4-7(20-11(13)14)9(6)19-10(5)12(15,16)17/h2-4,11H,1H3,(H2,18,19). The highest BCUT2D eigenvalue weighted by molar-refractivity contribution is 5.95. The fourth-order valence-electron chi connectivity index (χ4n) is 1.85. The van der Waals surface area contributed by atoms with Gasteiger partial charge in [0.25, 0.3) is 0 Å². The number of anilines is 1. The third kappa shape index (κ3) is 2.45. The lowest BCUT2D eigenvalue weighted by Gasteiger charge is -2.15. The number of fused-ring (bicyclic) bond motifs is 1. The Kier molecular flexibility index (Phi) is 3.41. The predicted octanol–water partition coefficient (Wildman–Crippen LogP) is 3.75. The van der Waals surface area contributed by atoms with Crippen LogP contribution < -0.4 is 10.5 Å². The van der Waals surface area contributed by atoms with Gasteiger partial charge in [-0.25, -0.2) is 4.98 Å². The van der Waals surface area contributed by atoms with Gasteiger partial charge in [0.15, 0.2) is 5.75 Å². The number of nitrogens with zero attached hydrogens (tertiary/aromatic N) is 1. The van der Waals surface area contributed by atoms with Crippen molar-refractivity contribution in [3.63, 3.8) is 0 Å². The number of para-hydroxylation sites is 1. The van der Waals surface area contributed by atoms with Crippen molar-refractivity contribution in [3.05, 3.63) is 29.5 Å². The summed E-state index contributed by atoms with van der Waals surface area (Å²) < 4.78 is 67.2. The minimum absolute atomic E-state index is 0.133. The highest BCUT2D eigenvalue weighted by atomic mass is 19.4. The van der Waals surface area contributed by atoms with Crippen molar-refractivity contribution in [2.24, 2.45) is 0 Å². The molecule has 2 N–H and O–H groups in total. The molecule has 0 saturated heterocycles. The van der Waals surface area contributed by atoms with Gasteiger partial charge in [-0.15, -0.1) is 0 Å². The van der Waals surface area contributed by atoms with Crippen LogP contribution >= 0.6 is 0 Å².